The molecule has 5 nitrogen and oxygen atoms in total. The van der Waals surface area contributed by atoms with Crippen LogP contribution < -0.4 is 10.6 Å². The highest BCUT2D eigenvalue weighted by molar-refractivity contribution is 5.92. The quantitative estimate of drug-likeness (QED) is 0.543. The lowest BCUT2D eigenvalue weighted by Gasteiger charge is -2.06. The van der Waals surface area contributed by atoms with Gasteiger partial charge in [-0.3, -0.25) is 9.59 Å². The van der Waals surface area contributed by atoms with Gasteiger partial charge in [-0.1, -0.05) is 26.0 Å². The average molecular weight is 318 g/mol. The normalized spacial score (nSPS) is 11.0. The fraction of sp³-hybridized carbons (Fsp3) is 0.444. The van der Waals surface area contributed by atoms with Crippen molar-refractivity contribution in [1.82, 2.24) is 5.32 Å². The molecule has 0 atom stereocenters. The predicted octanol–water partition coefficient (Wildman–Crippen LogP) is 2.84. The van der Waals surface area contributed by atoms with Crippen molar-refractivity contribution in [2.45, 2.75) is 27.2 Å². The molecule has 0 unspecified atom stereocenters. The first-order chi connectivity index (χ1) is 11.0. The maximum Gasteiger partial charge on any atom is 0.244 e. The summed E-state index contributed by atoms with van der Waals surface area (Å²) >= 11 is 0. The van der Waals surface area contributed by atoms with Gasteiger partial charge in [-0.25, -0.2) is 0 Å². The van der Waals surface area contributed by atoms with Gasteiger partial charge in [-0.05, 0) is 36.1 Å². The minimum absolute atomic E-state index is 0.106. The lowest BCUT2D eigenvalue weighted by Crippen LogP contribution is -2.23. The zero-order valence-electron chi connectivity index (χ0n) is 14.1. The number of nitrogens with one attached hydrogen (secondary N) is 2. The van der Waals surface area contributed by atoms with Gasteiger partial charge < -0.3 is 15.4 Å². The Morgan fingerprint density at radius 3 is 2.52 bits per heavy atom. The molecule has 23 heavy (non-hydrogen) atoms. The molecule has 126 valence electrons. The van der Waals surface area contributed by atoms with Crippen LogP contribution in [0.2, 0.25) is 0 Å². The van der Waals surface area contributed by atoms with Gasteiger partial charge in [-0.2, -0.15) is 0 Å². The molecule has 0 aliphatic carbocycles. The second kappa shape index (κ2) is 10.6. The Kier molecular flexibility index (Phi) is 8.68. The first-order valence-electron chi connectivity index (χ1n) is 7.88. The van der Waals surface area contributed by atoms with Gasteiger partial charge in [0, 0.05) is 38.4 Å². The number of benzene rings is 1. The van der Waals surface area contributed by atoms with Gasteiger partial charge in [0.05, 0.1) is 0 Å². The Labute approximate surface area is 138 Å². The van der Waals surface area contributed by atoms with Crippen molar-refractivity contribution < 1.29 is 14.3 Å². The van der Waals surface area contributed by atoms with E-state index in [9.17, 15) is 9.59 Å². The Morgan fingerprint density at radius 2 is 1.91 bits per heavy atom. The molecular weight excluding hydrogens is 292 g/mol. The van der Waals surface area contributed by atoms with E-state index in [2.05, 4.69) is 24.5 Å². The van der Waals surface area contributed by atoms with Gasteiger partial charge in [0.15, 0.2) is 0 Å². The molecule has 2 N–H and O–H groups in total. The molecule has 1 aromatic carbocycles. The Morgan fingerprint density at radius 1 is 1.22 bits per heavy atom. The van der Waals surface area contributed by atoms with Crippen LogP contribution in [0.15, 0.2) is 30.3 Å². The zero-order chi connectivity index (χ0) is 17.1. The highest BCUT2D eigenvalue weighted by Crippen LogP contribution is 2.10. The molecule has 0 fully saturated rings. The van der Waals surface area contributed by atoms with E-state index in [1.165, 1.54) is 13.0 Å². The topological polar surface area (TPSA) is 67.4 Å². The summed E-state index contributed by atoms with van der Waals surface area (Å²) in [5.74, 6) is 0.300. The third-order valence-corrected chi connectivity index (χ3v) is 2.87. The van der Waals surface area contributed by atoms with Crippen LogP contribution in [0.3, 0.4) is 0 Å². The standard InChI is InChI=1S/C18H26N2O3/c1-14(2)13-23-12-4-11-19-18(22)10-7-16-5-8-17(9-6-16)20-15(3)21/h5-10,14H,4,11-13H2,1-3H3,(H,19,22)(H,20,21)/b10-7+. The van der Waals surface area contributed by atoms with Gasteiger partial charge in [-0.15, -0.1) is 0 Å². The van der Waals surface area contributed by atoms with Crippen molar-refractivity contribution >= 4 is 23.6 Å². The van der Waals surface area contributed by atoms with Gasteiger partial charge in [0.1, 0.15) is 0 Å². The second-order valence-corrected chi connectivity index (χ2v) is 5.75. The van der Waals surface area contributed by atoms with Crippen LogP contribution in [0.25, 0.3) is 6.08 Å². The van der Waals surface area contributed by atoms with E-state index in [-0.39, 0.29) is 11.8 Å². The maximum atomic E-state index is 11.7. The van der Waals surface area contributed by atoms with Crippen molar-refractivity contribution in [3.63, 3.8) is 0 Å². The molecule has 0 saturated carbocycles. The molecule has 0 aliphatic heterocycles. The summed E-state index contributed by atoms with van der Waals surface area (Å²) in [5, 5.41) is 5.51. The molecule has 0 saturated heterocycles. The van der Waals surface area contributed by atoms with Crippen LogP contribution >= 0.6 is 0 Å². The molecule has 0 spiro atoms. The van der Waals surface area contributed by atoms with Crippen LogP contribution in [0.4, 0.5) is 5.69 Å². The summed E-state index contributed by atoms with van der Waals surface area (Å²) in [6.45, 7) is 7.69. The number of hydrogen-bond donors (Lipinski definition) is 2. The van der Waals surface area contributed by atoms with Crippen molar-refractivity contribution in [3.8, 4) is 0 Å². The van der Waals surface area contributed by atoms with E-state index in [4.69, 9.17) is 4.74 Å². The molecule has 0 heterocycles. The van der Waals surface area contributed by atoms with Crippen LogP contribution in [-0.2, 0) is 14.3 Å². The second-order valence-electron chi connectivity index (χ2n) is 5.75. The van der Waals surface area contributed by atoms with E-state index in [1.54, 1.807) is 18.2 Å². The fourth-order valence-corrected chi connectivity index (χ4v) is 1.82. The molecule has 1 rings (SSSR count). The fourth-order valence-electron chi connectivity index (χ4n) is 1.82. The summed E-state index contributed by atoms with van der Waals surface area (Å²) in [6, 6.07) is 7.28. The molecule has 1 aromatic rings. The predicted molar refractivity (Wildman–Crippen MR) is 93.1 cm³/mol. The first-order valence-corrected chi connectivity index (χ1v) is 7.88. The summed E-state index contributed by atoms with van der Waals surface area (Å²) in [4.78, 5) is 22.6. The smallest absolute Gasteiger partial charge is 0.244 e. The van der Waals surface area contributed by atoms with Gasteiger partial charge in [0.2, 0.25) is 11.8 Å². The van der Waals surface area contributed by atoms with Gasteiger partial charge >= 0.3 is 0 Å². The van der Waals surface area contributed by atoms with E-state index in [0.717, 1.165) is 24.3 Å². The number of carbonyl (C=O) groups excluding carboxylic acids is 2. The minimum Gasteiger partial charge on any atom is -0.381 e. The monoisotopic (exact) mass is 318 g/mol. The lowest BCUT2D eigenvalue weighted by molar-refractivity contribution is -0.116. The number of hydrogen-bond acceptors (Lipinski definition) is 3. The maximum absolute atomic E-state index is 11.7. The van der Waals surface area contributed by atoms with Crippen molar-refractivity contribution in [1.29, 1.82) is 0 Å². The third-order valence-electron chi connectivity index (χ3n) is 2.87. The highest BCUT2D eigenvalue weighted by atomic mass is 16.5. The number of rotatable bonds is 9. The van der Waals surface area contributed by atoms with E-state index < -0.39 is 0 Å². The molecule has 0 bridgehead atoms. The molecule has 0 aromatic heterocycles. The van der Waals surface area contributed by atoms with E-state index in [1.807, 2.05) is 12.1 Å². The summed E-state index contributed by atoms with van der Waals surface area (Å²) < 4.78 is 5.45. The van der Waals surface area contributed by atoms with Gasteiger partial charge in [0.25, 0.3) is 0 Å². The van der Waals surface area contributed by atoms with Crippen LogP contribution in [0.1, 0.15) is 32.8 Å². The van der Waals surface area contributed by atoms with Crippen molar-refractivity contribution in [2.75, 3.05) is 25.1 Å². The SMILES string of the molecule is CC(=O)Nc1ccc(/C=C/C(=O)NCCCOCC(C)C)cc1. The van der Waals surface area contributed by atoms with E-state index >= 15 is 0 Å². The Bertz CT molecular complexity index is 522. The first kappa shape index (κ1) is 18.9. The molecule has 0 aliphatic rings. The third kappa shape index (κ3) is 9.47. The minimum atomic E-state index is -0.125. The average Bonchev–Trinajstić information content (AvgIpc) is 2.49. The summed E-state index contributed by atoms with van der Waals surface area (Å²) in [7, 11) is 0. The molecular formula is C18H26N2O3. The number of anilines is 1. The Balaban J connectivity index is 2.25. The summed E-state index contributed by atoms with van der Waals surface area (Å²) in [6.07, 6.45) is 4.04. The molecule has 0 radical (unpaired) electrons. The number of amides is 2. The zero-order valence-corrected chi connectivity index (χ0v) is 14.1. The summed E-state index contributed by atoms with van der Waals surface area (Å²) in [5.41, 5.74) is 1.63. The number of carbonyl (C=O) groups is 2. The molecule has 2 amide bonds. The van der Waals surface area contributed by atoms with Crippen LogP contribution in [0.5, 0.6) is 0 Å². The lowest BCUT2D eigenvalue weighted by atomic mass is 10.2. The molecule has 5 heteroatoms. The number of ether oxygens (including phenoxy) is 1. The Hall–Kier alpha value is -2.14. The van der Waals surface area contributed by atoms with Crippen LogP contribution in [-0.4, -0.2) is 31.6 Å². The highest BCUT2D eigenvalue weighted by Gasteiger charge is 1.98. The van der Waals surface area contributed by atoms with Crippen molar-refractivity contribution in [2.24, 2.45) is 5.92 Å². The van der Waals surface area contributed by atoms with E-state index in [0.29, 0.717) is 19.1 Å². The van der Waals surface area contributed by atoms with Crippen LogP contribution in [0, 0.1) is 5.92 Å². The van der Waals surface area contributed by atoms with Crippen molar-refractivity contribution in [3.05, 3.63) is 35.9 Å². The largest absolute Gasteiger partial charge is 0.381 e.